The number of ether oxygens (including phenoxy) is 2. The maximum Gasteiger partial charge on any atom is 0.173 e. The molecule has 1 aromatic heterocycles. The van der Waals surface area contributed by atoms with E-state index < -0.39 is 0 Å². The normalized spacial score (nSPS) is 16.6. The molecule has 3 rings (SSSR count). The van der Waals surface area contributed by atoms with Gasteiger partial charge in [0, 0.05) is 44.8 Å². The molecule has 1 saturated heterocycles. The molecule has 2 heterocycles. The number of methoxy groups -OCH3 is 2. The number of aromatic nitrogens is 4. The van der Waals surface area contributed by atoms with Gasteiger partial charge in [-0.25, -0.2) is 4.68 Å². The third kappa shape index (κ3) is 4.99. The lowest BCUT2D eigenvalue weighted by molar-refractivity contribution is 0.111. The van der Waals surface area contributed by atoms with E-state index in [0.29, 0.717) is 11.7 Å². The van der Waals surface area contributed by atoms with Gasteiger partial charge < -0.3 is 9.47 Å². The molecule has 1 aliphatic rings. The van der Waals surface area contributed by atoms with Crippen LogP contribution in [0, 0.1) is 5.92 Å². The van der Waals surface area contributed by atoms with E-state index in [-0.39, 0.29) is 6.04 Å². The molecular weight excluding hydrogens is 380 g/mol. The van der Waals surface area contributed by atoms with Crippen LogP contribution in [0.2, 0.25) is 0 Å². The maximum atomic E-state index is 5.78. The van der Waals surface area contributed by atoms with Gasteiger partial charge in [0.15, 0.2) is 17.3 Å². The average molecular weight is 415 g/mol. The van der Waals surface area contributed by atoms with Crippen LogP contribution in [0.5, 0.6) is 11.5 Å². The molecule has 0 N–H and O–H groups in total. The first kappa shape index (κ1) is 22.2. The second-order valence-corrected chi connectivity index (χ2v) is 8.05. The van der Waals surface area contributed by atoms with Gasteiger partial charge in [-0.05, 0) is 28.8 Å². The number of tetrazole rings is 1. The lowest BCUT2D eigenvalue weighted by Gasteiger charge is -2.39. The zero-order chi connectivity index (χ0) is 21.5. The highest BCUT2D eigenvalue weighted by Crippen LogP contribution is 2.39. The van der Waals surface area contributed by atoms with E-state index in [2.05, 4.69) is 51.8 Å². The first-order valence-electron chi connectivity index (χ1n) is 10.6. The number of nitrogens with zero attached hydrogens (tertiary/aromatic N) is 6. The van der Waals surface area contributed by atoms with Crippen LogP contribution in [0.25, 0.3) is 0 Å². The molecule has 0 unspecified atom stereocenters. The van der Waals surface area contributed by atoms with Crippen molar-refractivity contribution >= 4 is 0 Å². The van der Waals surface area contributed by atoms with Gasteiger partial charge in [-0.15, -0.1) is 11.7 Å². The lowest BCUT2D eigenvalue weighted by Crippen LogP contribution is -2.48. The van der Waals surface area contributed by atoms with Crippen molar-refractivity contribution in [1.29, 1.82) is 0 Å². The lowest BCUT2D eigenvalue weighted by atomic mass is 10.0. The minimum Gasteiger partial charge on any atom is -0.493 e. The summed E-state index contributed by atoms with van der Waals surface area (Å²) in [5.74, 6) is 2.87. The van der Waals surface area contributed by atoms with Gasteiger partial charge in [-0.3, -0.25) is 9.80 Å². The molecule has 8 heteroatoms. The van der Waals surface area contributed by atoms with Crippen molar-refractivity contribution in [1.82, 2.24) is 30.0 Å². The zero-order valence-corrected chi connectivity index (χ0v) is 18.6. The Morgan fingerprint density at radius 2 is 1.90 bits per heavy atom. The number of hydrogen-bond donors (Lipinski definition) is 0. The van der Waals surface area contributed by atoms with Crippen molar-refractivity contribution < 1.29 is 9.47 Å². The third-order valence-electron chi connectivity index (χ3n) is 5.61. The molecule has 0 aliphatic carbocycles. The highest BCUT2D eigenvalue weighted by Gasteiger charge is 2.33. The Hall–Kier alpha value is -2.45. The number of aryl methyl sites for hydroxylation is 1. The molecule has 30 heavy (non-hydrogen) atoms. The average Bonchev–Trinajstić information content (AvgIpc) is 3.21. The summed E-state index contributed by atoms with van der Waals surface area (Å²) in [6.45, 7) is 13.8. The summed E-state index contributed by atoms with van der Waals surface area (Å²) < 4.78 is 13.3. The van der Waals surface area contributed by atoms with Crippen molar-refractivity contribution in [3.05, 3.63) is 42.2 Å². The van der Waals surface area contributed by atoms with Crippen LogP contribution in [0.4, 0.5) is 0 Å². The number of para-hydroxylation sites is 1. The van der Waals surface area contributed by atoms with Crippen LogP contribution in [-0.2, 0) is 6.54 Å². The Balaban J connectivity index is 1.99. The molecule has 164 valence electrons. The fourth-order valence-electron chi connectivity index (χ4n) is 3.96. The van der Waals surface area contributed by atoms with Gasteiger partial charge >= 0.3 is 0 Å². The molecule has 0 amide bonds. The van der Waals surface area contributed by atoms with Crippen LogP contribution >= 0.6 is 0 Å². The third-order valence-corrected chi connectivity index (χ3v) is 5.61. The predicted molar refractivity (Wildman–Crippen MR) is 117 cm³/mol. The first-order valence-corrected chi connectivity index (χ1v) is 10.6. The number of benzene rings is 1. The fourth-order valence-corrected chi connectivity index (χ4v) is 3.96. The fraction of sp³-hybridized carbons (Fsp3) is 0.591. The molecule has 8 nitrogen and oxygen atoms in total. The molecule has 1 atom stereocenters. The number of rotatable bonds is 10. The van der Waals surface area contributed by atoms with Gasteiger partial charge in [0.25, 0.3) is 0 Å². The van der Waals surface area contributed by atoms with Crippen molar-refractivity contribution in [3.63, 3.8) is 0 Å². The van der Waals surface area contributed by atoms with Crippen LogP contribution in [-0.4, -0.2) is 77.0 Å². The molecule has 2 aromatic rings. The van der Waals surface area contributed by atoms with Crippen LogP contribution in [0.1, 0.15) is 37.7 Å². The van der Waals surface area contributed by atoms with E-state index in [1.54, 1.807) is 14.2 Å². The Morgan fingerprint density at radius 1 is 1.13 bits per heavy atom. The van der Waals surface area contributed by atoms with Gasteiger partial charge in [0.1, 0.15) is 6.04 Å². The standard InChI is InChI=1S/C22H34N6O2/c1-6-11-26-13-15-27(16-14-26)20(18-8-7-9-19(29-4)21(18)30-5)22-23-24-25-28(22)12-10-17(2)3/h6-9,17,20H,1,10-16H2,2-5H3/t20-/m1/s1. The minimum atomic E-state index is -0.108. The van der Waals surface area contributed by atoms with Crippen molar-refractivity contribution in [2.75, 3.05) is 46.9 Å². The molecule has 0 bridgehead atoms. The quantitative estimate of drug-likeness (QED) is 0.554. The topological polar surface area (TPSA) is 68.5 Å². The van der Waals surface area contributed by atoms with E-state index in [1.165, 1.54) is 0 Å². The second kappa shape index (κ2) is 10.5. The Labute approximate surface area is 179 Å². The highest BCUT2D eigenvalue weighted by atomic mass is 16.5. The Bertz CT molecular complexity index is 814. The predicted octanol–water partition coefficient (Wildman–Crippen LogP) is 2.63. The largest absolute Gasteiger partial charge is 0.493 e. The summed E-state index contributed by atoms with van der Waals surface area (Å²) in [4.78, 5) is 4.85. The van der Waals surface area contributed by atoms with Crippen LogP contribution in [0.3, 0.4) is 0 Å². The van der Waals surface area contributed by atoms with E-state index in [0.717, 1.165) is 62.8 Å². The van der Waals surface area contributed by atoms with E-state index >= 15 is 0 Å². The summed E-state index contributed by atoms with van der Waals surface area (Å²) in [5.41, 5.74) is 1.02. The Kier molecular flexibility index (Phi) is 7.81. The van der Waals surface area contributed by atoms with E-state index in [4.69, 9.17) is 9.47 Å². The second-order valence-electron chi connectivity index (χ2n) is 8.05. The van der Waals surface area contributed by atoms with Crippen molar-refractivity contribution in [2.24, 2.45) is 5.92 Å². The van der Waals surface area contributed by atoms with Crippen LogP contribution < -0.4 is 9.47 Å². The van der Waals surface area contributed by atoms with Gasteiger partial charge in [-0.2, -0.15) is 0 Å². The van der Waals surface area contributed by atoms with Gasteiger partial charge in [0.05, 0.1) is 14.2 Å². The number of piperazine rings is 1. The molecule has 1 aromatic carbocycles. The molecule has 1 fully saturated rings. The summed E-state index contributed by atoms with van der Waals surface area (Å²) >= 11 is 0. The number of hydrogen-bond acceptors (Lipinski definition) is 7. The van der Waals surface area contributed by atoms with E-state index in [9.17, 15) is 0 Å². The SMILES string of the molecule is C=CCN1CCN([C@H](c2cccc(OC)c2OC)c2nnnn2CCC(C)C)CC1. The monoisotopic (exact) mass is 414 g/mol. The summed E-state index contributed by atoms with van der Waals surface area (Å²) in [5, 5.41) is 12.8. The molecule has 0 spiro atoms. The van der Waals surface area contributed by atoms with Crippen LogP contribution in [0.15, 0.2) is 30.9 Å². The van der Waals surface area contributed by atoms with Crippen molar-refractivity contribution in [3.8, 4) is 11.5 Å². The molecule has 1 aliphatic heterocycles. The molecule has 0 radical (unpaired) electrons. The minimum absolute atomic E-state index is 0.108. The zero-order valence-electron chi connectivity index (χ0n) is 18.6. The van der Waals surface area contributed by atoms with Gasteiger partial charge in [0.2, 0.25) is 0 Å². The summed E-state index contributed by atoms with van der Waals surface area (Å²) in [7, 11) is 3.35. The molecular formula is C22H34N6O2. The van der Waals surface area contributed by atoms with E-state index in [1.807, 2.05) is 22.9 Å². The Morgan fingerprint density at radius 3 is 2.53 bits per heavy atom. The maximum absolute atomic E-state index is 5.78. The highest BCUT2D eigenvalue weighted by molar-refractivity contribution is 5.49. The molecule has 0 saturated carbocycles. The smallest absolute Gasteiger partial charge is 0.173 e. The summed E-state index contributed by atoms with van der Waals surface area (Å²) in [6, 6.07) is 5.90. The summed E-state index contributed by atoms with van der Waals surface area (Å²) in [6.07, 6.45) is 2.98. The first-order chi connectivity index (χ1) is 14.6. The van der Waals surface area contributed by atoms with Crippen molar-refractivity contribution in [2.45, 2.75) is 32.9 Å². The van der Waals surface area contributed by atoms with Gasteiger partial charge in [-0.1, -0.05) is 32.1 Å².